The van der Waals surface area contributed by atoms with Gasteiger partial charge in [0.1, 0.15) is 5.75 Å². The Morgan fingerprint density at radius 2 is 2.03 bits per heavy atom. The van der Waals surface area contributed by atoms with Crippen LogP contribution in [-0.4, -0.2) is 52.2 Å². The number of anilines is 1. The molecule has 2 heterocycles. The van der Waals surface area contributed by atoms with Crippen LogP contribution < -0.4 is 20.7 Å². The predicted molar refractivity (Wildman–Crippen MR) is 130 cm³/mol. The fourth-order valence-electron chi connectivity index (χ4n) is 3.55. The molecule has 196 valence electrons. The molecular weight excluding hydrogens is 515 g/mol. The third-order valence-corrected chi connectivity index (χ3v) is 5.54. The SMILES string of the molecule is O=C(CCNCc1ccc(OC(F)(F)F)c(Cl)c1)NCCCNc1cc(-c2ncon2)cc2[nH]ncc12. The maximum Gasteiger partial charge on any atom is 0.573 e. The van der Waals surface area contributed by atoms with Gasteiger partial charge in [0, 0.05) is 49.2 Å². The Labute approximate surface area is 213 Å². The number of ether oxygens (including phenoxy) is 1. The van der Waals surface area contributed by atoms with Gasteiger partial charge in [0.05, 0.1) is 16.7 Å². The normalized spacial score (nSPS) is 11.6. The molecule has 0 bridgehead atoms. The number of nitrogens with zero attached hydrogens (tertiary/aromatic N) is 3. The van der Waals surface area contributed by atoms with E-state index in [9.17, 15) is 18.0 Å². The molecule has 1 amide bonds. The highest BCUT2D eigenvalue weighted by Crippen LogP contribution is 2.31. The molecule has 0 unspecified atom stereocenters. The number of carbonyl (C=O) groups is 1. The first-order valence-electron chi connectivity index (χ1n) is 11.3. The van der Waals surface area contributed by atoms with Crippen LogP contribution in [0.2, 0.25) is 5.02 Å². The molecule has 2 aromatic heterocycles. The Balaban J connectivity index is 1.14. The van der Waals surface area contributed by atoms with Gasteiger partial charge >= 0.3 is 6.36 Å². The average Bonchev–Trinajstić information content (AvgIpc) is 3.54. The molecule has 0 spiro atoms. The molecule has 4 N–H and O–H groups in total. The van der Waals surface area contributed by atoms with Crippen LogP contribution in [0, 0.1) is 0 Å². The Kier molecular flexibility index (Phi) is 8.46. The Hall–Kier alpha value is -3.84. The first-order valence-corrected chi connectivity index (χ1v) is 11.7. The van der Waals surface area contributed by atoms with E-state index in [2.05, 4.69) is 41.0 Å². The van der Waals surface area contributed by atoms with Crippen LogP contribution in [0.3, 0.4) is 0 Å². The molecule has 0 saturated carbocycles. The number of aromatic amines is 1. The van der Waals surface area contributed by atoms with Gasteiger partial charge in [-0.3, -0.25) is 9.89 Å². The van der Waals surface area contributed by atoms with Crippen molar-refractivity contribution in [1.29, 1.82) is 0 Å². The number of hydrogen-bond acceptors (Lipinski definition) is 8. The summed E-state index contributed by atoms with van der Waals surface area (Å²) in [7, 11) is 0. The number of fused-ring (bicyclic) bond motifs is 1. The number of rotatable bonds is 12. The van der Waals surface area contributed by atoms with Gasteiger partial charge < -0.3 is 25.2 Å². The quantitative estimate of drug-likeness (QED) is 0.197. The van der Waals surface area contributed by atoms with E-state index in [0.29, 0.717) is 44.0 Å². The molecule has 0 aliphatic heterocycles. The van der Waals surface area contributed by atoms with Crippen molar-refractivity contribution >= 4 is 34.1 Å². The summed E-state index contributed by atoms with van der Waals surface area (Å²) < 4.78 is 45.6. The predicted octanol–water partition coefficient (Wildman–Crippen LogP) is 4.26. The van der Waals surface area contributed by atoms with E-state index in [1.54, 1.807) is 6.20 Å². The van der Waals surface area contributed by atoms with Crippen molar-refractivity contribution in [2.24, 2.45) is 0 Å². The van der Waals surface area contributed by atoms with Gasteiger partial charge in [0.25, 0.3) is 0 Å². The van der Waals surface area contributed by atoms with E-state index in [1.165, 1.54) is 18.5 Å². The topological polar surface area (TPSA) is 130 Å². The van der Waals surface area contributed by atoms with Crippen LogP contribution in [0.25, 0.3) is 22.3 Å². The first-order chi connectivity index (χ1) is 17.8. The monoisotopic (exact) mass is 537 g/mol. The molecule has 37 heavy (non-hydrogen) atoms. The van der Waals surface area contributed by atoms with E-state index < -0.39 is 12.1 Å². The van der Waals surface area contributed by atoms with E-state index in [-0.39, 0.29) is 17.4 Å². The van der Waals surface area contributed by atoms with Gasteiger partial charge in [-0.2, -0.15) is 10.1 Å². The van der Waals surface area contributed by atoms with Crippen molar-refractivity contribution in [3.63, 3.8) is 0 Å². The second-order valence-corrected chi connectivity index (χ2v) is 8.39. The van der Waals surface area contributed by atoms with Crippen LogP contribution in [0.1, 0.15) is 18.4 Å². The Bertz CT molecular complexity index is 1330. The lowest BCUT2D eigenvalue weighted by Gasteiger charge is -2.12. The fourth-order valence-corrected chi connectivity index (χ4v) is 3.79. The molecule has 4 aromatic rings. The lowest BCUT2D eigenvalue weighted by molar-refractivity contribution is -0.274. The van der Waals surface area contributed by atoms with Crippen molar-refractivity contribution in [2.75, 3.05) is 25.0 Å². The summed E-state index contributed by atoms with van der Waals surface area (Å²) >= 11 is 5.84. The number of benzene rings is 2. The zero-order valence-corrected chi connectivity index (χ0v) is 20.1. The summed E-state index contributed by atoms with van der Waals surface area (Å²) in [4.78, 5) is 16.2. The number of aromatic nitrogens is 4. The lowest BCUT2D eigenvalue weighted by Crippen LogP contribution is -2.29. The van der Waals surface area contributed by atoms with E-state index in [1.807, 2.05) is 12.1 Å². The maximum atomic E-state index is 12.3. The van der Waals surface area contributed by atoms with Crippen LogP contribution in [0.15, 0.2) is 47.4 Å². The van der Waals surface area contributed by atoms with E-state index >= 15 is 0 Å². The Morgan fingerprint density at radius 3 is 2.78 bits per heavy atom. The molecule has 0 saturated heterocycles. The van der Waals surface area contributed by atoms with Gasteiger partial charge in [-0.05, 0) is 36.2 Å². The molecule has 14 heteroatoms. The minimum Gasteiger partial charge on any atom is -0.404 e. The average molecular weight is 538 g/mol. The van der Waals surface area contributed by atoms with Gasteiger partial charge in [-0.15, -0.1) is 13.2 Å². The lowest BCUT2D eigenvalue weighted by atomic mass is 10.1. The van der Waals surface area contributed by atoms with Crippen molar-refractivity contribution < 1.29 is 27.2 Å². The van der Waals surface area contributed by atoms with Crippen molar-refractivity contribution in [2.45, 2.75) is 25.7 Å². The zero-order chi connectivity index (χ0) is 26.3. The minimum absolute atomic E-state index is 0.115. The number of alkyl halides is 3. The number of H-pyrrole nitrogens is 1. The van der Waals surface area contributed by atoms with Gasteiger partial charge in [0.15, 0.2) is 0 Å². The van der Waals surface area contributed by atoms with Crippen LogP contribution in [0.5, 0.6) is 5.75 Å². The zero-order valence-electron chi connectivity index (χ0n) is 19.4. The summed E-state index contributed by atoms with van der Waals surface area (Å²) in [5, 5.41) is 20.9. The summed E-state index contributed by atoms with van der Waals surface area (Å²) in [5.41, 5.74) is 3.14. The summed E-state index contributed by atoms with van der Waals surface area (Å²) in [5.74, 6) is -0.104. The second kappa shape index (κ2) is 11.9. The largest absolute Gasteiger partial charge is 0.573 e. The van der Waals surface area contributed by atoms with Crippen molar-refractivity contribution in [3.8, 4) is 17.1 Å². The Morgan fingerprint density at radius 1 is 1.16 bits per heavy atom. The summed E-state index contributed by atoms with van der Waals surface area (Å²) in [6, 6.07) is 7.82. The van der Waals surface area contributed by atoms with Crippen LogP contribution in [-0.2, 0) is 11.3 Å². The molecular formula is C23H23ClF3N7O3. The number of amides is 1. The molecule has 0 atom stereocenters. The van der Waals surface area contributed by atoms with Crippen molar-refractivity contribution in [1.82, 2.24) is 31.0 Å². The number of nitrogens with one attached hydrogen (secondary N) is 4. The molecule has 0 radical (unpaired) electrons. The van der Waals surface area contributed by atoms with E-state index in [4.69, 9.17) is 16.1 Å². The highest BCUT2D eigenvalue weighted by atomic mass is 35.5. The number of halogens is 4. The highest BCUT2D eigenvalue weighted by Gasteiger charge is 2.32. The summed E-state index contributed by atoms with van der Waals surface area (Å²) in [6.45, 7) is 1.84. The van der Waals surface area contributed by atoms with Crippen molar-refractivity contribution in [3.05, 3.63) is 53.5 Å². The van der Waals surface area contributed by atoms with E-state index in [0.717, 1.165) is 28.2 Å². The molecule has 2 aromatic carbocycles. The highest BCUT2D eigenvalue weighted by molar-refractivity contribution is 6.32. The van der Waals surface area contributed by atoms with Gasteiger partial charge in [-0.25, -0.2) is 0 Å². The third kappa shape index (κ3) is 7.57. The number of hydrogen-bond donors (Lipinski definition) is 4. The fraction of sp³-hybridized carbons (Fsp3) is 0.304. The maximum absolute atomic E-state index is 12.3. The van der Waals surface area contributed by atoms with Gasteiger partial charge in [-0.1, -0.05) is 22.8 Å². The second-order valence-electron chi connectivity index (χ2n) is 7.98. The summed E-state index contributed by atoms with van der Waals surface area (Å²) in [6.07, 6.45) is -0.873. The number of carbonyl (C=O) groups excluding carboxylic acids is 1. The molecule has 0 aliphatic rings. The van der Waals surface area contributed by atoms with Crippen LogP contribution in [0.4, 0.5) is 18.9 Å². The molecule has 10 nitrogen and oxygen atoms in total. The third-order valence-electron chi connectivity index (χ3n) is 5.25. The van der Waals surface area contributed by atoms with Crippen LogP contribution >= 0.6 is 11.6 Å². The molecule has 0 fully saturated rings. The first kappa shape index (κ1) is 26.2. The van der Waals surface area contributed by atoms with Gasteiger partial charge in [0.2, 0.25) is 18.1 Å². The molecule has 4 rings (SSSR count). The molecule has 0 aliphatic carbocycles. The standard InChI is InChI=1S/C23H23ClF3N7O3/c24-17-8-14(2-3-20(17)37-23(25,26)27)11-28-7-4-21(35)30-6-1-5-29-18-9-15(22-31-13-36-34-22)10-19-16(18)12-32-33-19/h2-3,8-10,12-13,28-29H,1,4-7,11H2,(H,30,35)(H,32,33). The minimum atomic E-state index is -4.81. The smallest absolute Gasteiger partial charge is 0.404 e.